The van der Waals surface area contributed by atoms with E-state index in [9.17, 15) is 4.79 Å². The van der Waals surface area contributed by atoms with Gasteiger partial charge < -0.3 is 20.3 Å². The van der Waals surface area contributed by atoms with Gasteiger partial charge in [0.2, 0.25) is 0 Å². The van der Waals surface area contributed by atoms with Gasteiger partial charge in [0.25, 0.3) is 0 Å². The van der Waals surface area contributed by atoms with Gasteiger partial charge in [0, 0.05) is 5.41 Å². The number of halogens is 1. The molecule has 1 heterocycles. The monoisotopic (exact) mass is 329 g/mol. The van der Waals surface area contributed by atoms with Gasteiger partial charge in [-0.2, -0.15) is 0 Å². The molecule has 1 unspecified atom stereocenters. The molecule has 0 aromatic heterocycles. The van der Waals surface area contributed by atoms with E-state index in [4.69, 9.17) is 20.3 Å². The van der Waals surface area contributed by atoms with Gasteiger partial charge in [0.15, 0.2) is 11.5 Å². The summed E-state index contributed by atoms with van der Waals surface area (Å²) in [5, 5.41) is 8.96. The second-order valence-electron chi connectivity index (χ2n) is 5.39. The zero-order valence-corrected chi connectivity index (χ0v) is 12.4. The predicted octanol–water partition coefficient (Wildman–Crippen LogP) is 2.33. The average Bonchev–Trinajstić information content (AvgIpc) is 2.48. The van der Waals surface area contributed by atoms with E-state index in [-0.39, 0.29) is 5.41 Å². The zero-order valence-electron chi connectivity index (χ0n) is 10.8. The molecule has 1 aromatic rings. The van der Waals surface area contributed by atoms with Crippen molar-refractivity contribution in [1.82, 2.24) is 0 Å². The number of rotatable bonds is 2. The summed E-state index contributed by atoms with van der Waals surface area (Å²) in [4.78, 5) is 10.9. The molecule has 0 aliphatic carbocycles. The first-order valence-electron chi connectivity index (χ1n) is 5.87. The summed E-state index contributed by atoms with van der Waals surface area (Å²) >= 11 is 3.37. The number of carboxylic acid groups (broad SMARTS) is 1. The normalized spacial score (nSPS) is 18.5. The van der Waals surface area contributed by atoms with Crippen LogP contribution in [0.25, 0.3) is 0 Å². The number of nitrogens with two attached hydrogens (primary N) is 1. The van der Waals surface area contributed by atoms with Crippen LogP contribution >= 0.6 is 15.9 Å². The van der Waals surface area contributed by atoms with Crippen molar-refractivity contribution in [3.63, 3.8) is 0 Å². The van der Waals surface area contributed by atoms with E-state index in [1.807, 2.05) is 13.8 Å². The fourth-order valence-corrected chi connectivity index (χ4v) is 2.31. The molecular weight excluding hydrogens is 314 g/mol. The highest BCUT2D eigenvalue weighted by atomic mass is 79.9. The molecule has 5 nitrogen and oxygen atoms in total. The first-order valence-corrected chi connectivity index (χ1v) is 6.67. The van der Waals surface area contributed by atoms with Gasteiger partial charge in [-0.3, -0.25) is 4.79 Å². The Kier molecular flexibility index (Phi) is 3.73. The molecule has 1 atom stereocenters. The fourth-order valence-electron chi connectivity index (χ4n) is 1.74. The van der Waals surface area contributed by atoms with E-state index in [1.165, 1.54) is 0 Å². The van der Waals surface area contributed by atoms with Gasteiger partial charge in [-0.1, -0.05) is 13.8 Å². The molecule has 0 saturated carbocycles. The number of hydrogen-bond donors (Lipinski definition) is 2. The van der Waals surface area contributed by atoms with Gasteiger partial charge in [-0.25, -0.2) is 0 Å². The summed E-state index contributed by atoms with van der Waals surface area (Å²) in [6.07, 6.45) is 0. The van der Waals surface area contributed by atoms with E-state index in [1.54, 1.807) is 12.1 Å². The molecule has 0 spiro atoms. The fraction of sp³-hybridized carbons (Fsp3) is 0.462. The summed E-state index contributed by atoms with van der Waals surface area (Å²) in [6.45, 7) is 5.11. The lowest BCUT2D eigenvalue weighted by molar-refractivity contribution is -0.138. The Balaban J connectivity index is 2.39. The molecular formula is C13H16BrNO4. The quantitative estimate of drug-likeness (QED) is 0.870. The van der Waals surface area contributed by atoms with Crippen LogP contribution in [0.4, 0.5) is 0 Å². The lowest BCUT2D eigenvalue weighted by Gasteiger charge is -2.19. The van der Waals surface area contributed by atoms with E-state index < -0.39 is 12.0 Å². The van der Waals surface area contributed by atoms with E-state index >= 15 is 0 Å². The van der Waals surface area contributed by atoms with Gasteiger partial charge in [0.05, 0.1) is 17.7 Å². The molecule has 104 valence electrons. The molecule has 3 N–H and O–H groups in total. The predicted molar refractivity (Wildman–Crippen MR) is 73.5 cm³/mol. The summed E-state index contributed by atoms with van der Waals surface area (Å²) < 4.78 is 12.1. The first kappa shape index (κ1) is 14.1. The number of benzene rings is 1. The van der Waals surface area contributed by atoms with Gasteiger partial charge in [0.1, 0.15) is 6.04 Å². The Morgan fingerprint density at radius 3 is 2.68 bits per heavy atom. The molecule has 6 heteroatoms. The maximum absolute atomic E-state index is 10.9. The second-order valence-corrected chi connectivity index (χ2v) is 6.24. The molecule has 2 rings (SSSR count). The Morgan fingerprint density at radius 2 is 2.05 bits per heavy atom. The molecule has 0 radical (unpaired) electrons. The minimum absolute atomic E-state index is 0.104. The Labute approximate surface area is 119 Å². The SMILES string of the molecule is CC1(C)COc2cc(C(N)C(=O)O)cc(Br)c2OC1. The topological polar surface area (TPSA) is 81.8 Å². The van der Waals surface area contributed by atoms with Crippen LogP contribution in [0.15, 0.2) is 16.6 Å². The van der Waals surface area contributed by atoms with E-state index in [0.717, 1.165) is 0 Å². The van der Waals surface area contributed by atoms with Crippen LogP contribution in [0.2, 0.25) is 0 Å². The maximum Gasteiger partial charge on any atom is 0.325 e. The second kappa shape index (κ2) is 5.02. The van der Waals surface area contributed by atoms with Crippen molar-refractivity contribution in [2.24, 2.45) is 11.1 Å². The molecule has 1 aliphatic heterocycles. The third-order valence-corrected chi connectivity index (χ3v) is 3.47. The Bertz CT molecular complexity index is 516. The number of hydrogen-bond acceptors (Lipinski definition) is 4. The van der Waals surface area contributed by atoms with E-state index in [2.05, 4.69) is 15.9 Å². The van der Waals surface area contributed by atoms with E-state index in [0.29, 0.717) is 34.7 Å². The van der Waals surface area contributed by atoms with Gasteiger partial charge in [-0.05, 0) is 33.6 Å². The molecule has 19 heavy (non-hydrogen) atoms. The molecule has 0 saturated heterocycles. The number of carbonyl (C=O) groups is 1. The smallest absolute Gasteiger partial charge is 0.325 e. The number of aliphatic carboxylic acids is 1. The van der Waals surface area contributed by atoms with Crippen LogP contribution < -0.4 is 15.2 Å². The number of fused-ring (bicyclic) bond motifs is 1. The largest absolute Gasteiger partial charge is 0.489 e. The van der Waals surface area contributed by atoms with Crippen LogP contribution in [0, 0.1) is 5.41 Å². The van der Waals surface area contributed by atoms with Crippen molar-refractivity contribution in [3.05, 3.63) is 22.2 Å². The van der Waals surface area contributed by atoms with Crippen molar-refractivity contribution < 1.29 is 19.4 Å². The zero-order chi connectivity index (χ0) is 14.2. The standard InChI is InChI=1S/C13H16BrNO4/c1-13(2)5-18-9-4-7(10(15)12(16)17)3-8(14)11(9)19-6-13/h3-4,10H,5-6,15H2,1-2H3,(H,16,17). The highest BCUT2D eigenvalue weighted by Gasteiger charge is 2.28. The lowest BCUT2D eigenvalue weighted by Crippen LogP contribution is -2.26. The third kappa shape index (κ3) is 3.01. The van der Waals surface area contributed by atoms with Crippen LogP contribution in [0.5, 0.6) is 11.5 Å². The molecule has 1 aliphatic rings. The van der Waals surface area contributed by atoms with Crippen molar-refractivity contribution in [1.29, 1.82) is 0 Å². The van der Waals surface area contributed by atoms with Crippen molar-refractivity contribution >= 4 is 21.9 Å². The van der Waals surface area contributed by atoms with Gasteiger partial charge >= 0.3 is 5.97 Å². The van der Waals surface area contributed by atoms with Crippen LogP contribution in [-0.2, 0) is 4.79 Å². The maximum atomic E-state index is 10.9. The van der Waals surface area contributed by atoms with Crippen LogP contribution in [0.3, 0.4) is 0 Å². The first-order chi connectivity index (χ1) is 8.80. The lowest BCUT2D eigenvalue weighted by atomic mass is 9.97. The molecule has 0 fully saturated rings. The van der Waals surface area contributed by atoms with Crippen molar-refractivity contribution in [2.45, 2.75) is 19.9 Å². The minimum atomic E-state index is -1.08. The summed E-state index contributed by atoms with van der Waals surface area (Å²) in [5.74, 6) is 0.0280. The molecule has 0 amide bonds. The Hall–Kier alpha value is -1.27. The van der Waals surface area contributed by atoms with Crippen LogP contribution in [-0.4, -0.2) is 24.3 Å². The number of ether oxygens (including phenoxy) is 2. The summed E-state index contributed by atoms with van der Waals surface area (Å²) in [5.41, 5.74) is 5.99. The minimum Gasteiger partial charge on any atom is -0.489 e. The number of carboxylic acids is 1. The van der Waals surface area contributed by atoms with Crippen molar-refractivity contribution in [3.8, 4) is 11.5 Å². The van der Waals surface area contributed by atoms with Crippen LogP contribution in [0.1, 0.15) is 25.5 Å². The highest BCUT2D eigenvalue weighted by Crippen LogP contribution is 2.41. The third-order valence-electron chi connectivity index (χ3n) is 2.88. The summed E-state index contributed by atoms with van der Waals surface area (Å²) in [7, 11) is 0. The Morgan fingerprint density at radius 1 is 1.42 bits per heavy atom. The summed E-state index contributed by atoms with van der Waals surface area (Å²) in [6, 6.07) is 2.20. The molecule has 1 aromatic carbocycles. The highest BCUT2D eigenvalue weighted by molar-refractivity contribution is 9.10. The van der Waals surface area contributed by atoms with Crippen molar-refractivity contribution in [2.75, 3.05) is 13.2 Å². The molecule has 0 bridgehead atoms. The average molecular weight is 330 g/mol. The van der Waals surface area contributed by atoms with Gasteiger partial charge in [-0.15, -0.1) is 0 Å².